The van der Waals surface area contributed by atoms with Gasteiger partial charge in [0.05, 0.1) is 0 Å². The summed E-state index contributed by atoms with van der Waals surface area (Å²) in [6.45, 7) is 5.83. The number of hydrogen-bond donors (Lipinski definition) is 1. The second-order valence-electron chi connectivity index (χ2n) is 5.70. The van der Waals surface area contributed by atoms with Crippen LogP contribution in [0, 0.1) is 29.6 Å². The molecule has 0 saturated heterocycles. The first-order valence-corrected chi connectivity index (χ1v) is 6.44. The van der Waals surface area contributed by atoms with Gasteiger partial charge >= 0.3 is 0 Å². The summed E-state index contributed by atoms with van der Waals surface area (Å²) in [5, 5.41) is 0. The molecule has 0 aliphatic heterocycles. The lowest BCUT2D eigenvalue weighted by Crippen LogP contribution is -2.17. The fourth-order valence-corrected chi connectivity index (χ4v) is 4.33. The maximum Gasteiger partial charge on any atom is -0.00772 e. The van der Waals surface area contributed by atoms with Crippen molar-refractivity contribution in [3.63, 3.8) is 0 Å². The van der Waals surface area contributed by atoms with Gasteiger partial charge in [0.25, 0.3) is 0 Å². The molecule has 0 radical (unpaired) electrons. The normalized spacial score (nSPS) is 46.9. The standard InChI is InChI=1S/C13H25N/c1-9-8-10(2)13-11(4-3-7-14)5-6-12(9)13/h9-13H,3-8,14H2,1-2H3. The van der Waals surface area contributed by atoms with E-state index in [-0.39, 0.29) is 0 Å². The molecule has 0 aromatic carbocycles. The monoisotopic (exact) mass is 195 g/mol. The summed E-state index contributed by atoms with van der Waals surface area (Å²) in [6, 6.07) is 0. The quantitative estimate of drug-likeness (QED) is 0.736. The molecule has 14 heavy (non-hydrogen) atoms. The minimum absolute atomic E-state index is 0.887. The maximum absolute atomic E-state index is 5.61. The molecular weight excluding hydrogens is 170 g/mol. The predicted octanol–water partition coefficient (Wildman–Crippen LogP) is 3.04. The number of fused-ring (bicyclic) bond motifs is 1. The molecule has 1 heteroatoms. The zero-order valence-corrected chi connectivity index (χ0v) is 9.71. The third kappa shape index (κ3) is 1.71. The fourth-order valence-electron chi connectivity index (χ4n) is 4.33. The summed E-state index contributed by atoms with van der Waals surface area (Å²) in [4.78, 5) is 0. The van der Waals surface area contributed by atoms with Gasteiger partial charge in [0.15, 0.2) is 0 Å². The van der Waals surface area contributed by atoms with E-state index >= 15 is 0 Å². The molecule has 0 bridgehead atoms. The Morgan fingerprint density at radius 2 is 1.93 bits per heavy atom. The average molecular weight is 195 g/mol. The molecule has 5 unspecified atom stereocenters. The van der Waals surface area contributed by atoms with Gasteiger partial charge in [-0.2, -0.15) is 0 Å². The summed E-state index contributed by atoms with van der Waals surface area (Å²) in [5.41, 5.74) is 5.61. The zero-order valence-electron chi connectivity index (χ0n) is 9.71. The van der Waals surface area contributed by atoms with Crippen LogP contribution in [-0.4, -0.2) is 6.54 Å². The molecule has 0 spiro atoms. The average Bonchev–Trinajstić information content (AvgIpc) is 2.67. The van der Waals surface area contributed by atoms with E-state index in [4.69, 9.17) is 5.73 Å². The Balaban J connectivity index is 1.95. The Kier molecular flexibility index (Phi) is 3.16. The van der Waals surface area contributed by atoms with Crippen molar-refractivity contribution in [3.05, 3.63) is 0 Å². The van der Waals surface area contributed by atoms with E-state index in [1.54, 1.807) is 0 Å². The first-order chi connectivity index (χ1) is 6.74. The second-order valence-corrected chi connectivity index (χ2v) is 5.70. The molecule has 2 saturated carbocycles. The molecule has 5 atom stereocenters. The van der Waals surface area contributed by atoms with Crippen LogP contribution in [0.2, 0.25) is 0 Å². The molecule has 2 fully saturated rings. The molecule has 0 heterocycles. The van der Waals surface area contributed by atoms with Gasteiger partial charge in [-0.05, 0) is 68.2 Å². The van der Waals surface area contributed by atoms with Gasteiger partial charge < -0.3 is 5.73 Å². The molecule has 2 aliphatic rings. The van der Waals surface area contributed by atoms with Crippen LogP contribution in [0.1, 0.15) is 46.0 Å². The minimum atomic E-state index is 0.887. The van der Waals surface area contributed by atoms with Crippen LogP contribution in [0.4, 0.5) is 0 Å². The van der Waals surface area contributed by atoms with Crippen LogP contribution in [0.25, 0.3) is 0 Å². The van der Waals surface area contributed by atoms with Crippen LogP contribution in [0.3, 0.4) is 0 Å². The van der Waals surface area contributed by atoms with Crippen LogP contribution in [0.5, 0.6) is 0 Å². The number of rotatable bonds is 3. The lowest BCUT2D eigenvalue weighted by atomic mass is 9.83. The van der Waals surface area contributed by atoms with E-state index in [9.17, 15) is 0 Å². The van der Waals surface area contributed by atoms with Crippen molar-refractivity contribution in [1.29, 1.82) is 0 Å². The lowest BCUT2D eigenvalue weighted by molar-refractivity contribution is 0.262. The highest BCUT2D eigenvalue weighted by Crippen LogP contribution is 2.54. The smallest absolute Gasteiger partial charge is 0.00772 e. The maximum atomic E-state index is 5.61. The number of nitrogens with two attached hydrogens (primary N) is 1. The topological polar surface area (TPSA) is 26.0 Å². The summed E-state index contributed by atoms with van der Waals surface area (Å²) in [7, 11) is 0. The van der Waals surface area contributed by atoms with Gasteiger partial charge in [-0.1, -0.05) is 13.8 Å². The molecule has 82 valence electrons. The molecule has 0 amide bonds. The van der Waals surface area contributed by atoms with Gasteiger partial charge in [-0.15, -0.1) is 0 Å². The van der Waals surface area contributed by atoms with Crippen molar-refractivity contribution in [2.24, 2.45) is 35.3 Å². The summed E-state index contributed by atoms with van der Waals surface area (Å²) in [6.07, 6.45) is 7.12. The van der Waals surface area contributed by atoms with Crippen molar-refractivity contribution < 1.29 is 0 Å². The van der Waals surface area contributed by atoms with Crippen molar-refractivity contribution in [1.82, 2.24) is 0 Å². The third-order valence-corrected chi connectivity index (χ3v) is 4.82. The molecule has 2 N–H and O–H groups in total. The van der Waals surface area contributed by atoms with Crippen molar-refractivity contribution in [2.75, 3.05) is 6.54 Å². The molecule has 0 aromatic heterocycles. The van der Waals surface area contributed by atoms with Crippen LogP contribution < -0.4 is 5.73 Å². The number of hydrogen-bond acceptors (Lipinski definition) is 1. The van der Waals surface area contributed by atoms with E-state index in [2.05, 4.69) is 13.8 Å². The van der Waals surface area contributed by atoms with Crippen molar-refractivity contribution in [3.8, 4) is 0 Å². The molecule has 2 aliphatic carbocycles. The van der Waals surface area contributed by atoms with E-state index < -0.39 is 0 Å². The van der Waals surface area contributed by atoms with E-state index in [1.165, 1.54) is 32.1 Å². The largest absolute Gasteiger partial charge is 0.330 e. The Morgan fingerprint density at radius 1 is 1.14 bits per heavy atom. The second kappa shape index (κ2) is 4.22. The summed E-state index contributed by atoms with van der Waals surface area (Å²) < 4.78 is 0. The highest BCUT2D eigenvalue weighted by molar-refractivity contribution is 4.95. The predicted molar refractivity (Wildman–Crippen MR) is 60.9 cm³/mol. The van der Waals surface area contributed by atoms with Crippen LogP contribution >= 0.6 is 0 Å². The van der Waals surface area contributed by atoms with Crippen molar-refractivity contribution >= 4 is 0 Å². The summed E-state index contributed by atoms with van der Waals surface area (Å²) >= 11 is 0. The zero-order chi connectivity index (χ0) is 10.1. The Bertz CT molecular complexity index is 190. The fraction of sp³-hybridized carbons (Fsp3) is 1.00. The first-order valence-electron chi connectivity index (χ1n) is 6.44. The minimum Gasteiger partial charge on any atom is -0.330 e. The van der Waals surface area contributed by atoms with E-state index in [1.807, 2.05) is 0 Å². The highest BCUT2D eigenvalue weighted by Gasteiger charge is 2.46. The first kappa shape index (κ1) is 10.5. The molecule has 1 nitrogen and oxygen atoms in total. The van der Waals surface area contributed by atoms with Crippen LogP contribution in [0.15, 0.2) is 0 Å². The van der Waals surface area contributed by atoms with Gasteiger partial charge in [0.2, 0.25) is 0 Å². The van der Waals surface area contributed by atoms with Gasteiger partial charge in [0.1, 0.15) is 0 Å². The molecular formula is C13H25N. The van der Waals surface area contributed by atoms with Gasteiger partial charge in [-0.3, -0.25) is 0 Å². The van der Waals surface area contributed by atoms with Crippen LogP contribution in [-0.2, 0) is 0 Å². The van der Waals surface area contributed by atoms with E-state index in [0.29, 0.717) is 0 Å². The van der Waals surface area contributed by atoms with Gasteiger partial charge in [0, 0.05) is 0 Å². The Labute approximate surface area is 88.4 Å². The summed E-state index contributed by atoms with van der Waals surface area (Å²) in [5.74, 6) is 5.12. The Morgan fingerprint density at radius 3 is 2.64 bits per heavy atom. The molecule has 0 aromatic rings. The third-order valence-electron chi connectivity index (χ3n) is 4.82. The SMILES string of the molecule is CC1CC(C)C2C(CCCN)CCC12. The van der Waals surface area contributed by atoms with Crippen molar-refractivity contribution in [2.45, 2.75) is 46.0 Å². The Hall–Kier alpha value is -0.0400. The molecule has 2 rings (SSSR count). The van der Waals surface area contributed by atoms with Gasteiger partial charge in [-0.25, -0.2) is 0 Å². The van der Waals surface area contributed by atoms with E-state index in [0.717, 1.165) is 36.1 Å². The highest BCUT2D eigenvalue weighted by atomic mass is 14.5. The lowest BCUT2D eigenvalue weighted by Gasteiger charge is -2.23.